The lowest BCUT2D eigenvalue weighted by molar-refractivity contribution is -0.374. The highest BCUT2D eigenvalue weighted by atomic mass is 16.8. The Hall–Kier alpha value is -0.520. The summed E-state index contributed by atoms with van der Waals surface area (Å²) < 4.78 is 16.9. The third-order valence-corrected chi connectivity index (χ3v) is 6.76. The average Bonchev–Trinajstić information content (AvgIpc) is 2.86. The highest BCUT2D eigenvalue weighted by Crippen LogP contribution is 2.29. The zero-order valence-electron chi connectivity index (χ0n) is 20.4. The van der Waals surface area contributed by atoms with Crippen LogP contribution < -0.4 is 10.6 Å². The van der Waals surface area contributed by atoms with E-state index in [1.54, 1.807) is 0 Å². The number of aliphatic hydroxyl groups is 8. The second kappa shape index (κ2) is 15.0. The molecule has 0 aromatic rings. The second-order valence-electron chi connectivity index (χ2n) is 9.23. The van der Waals surface area contributed by atoms with E-state index >= 15 is 0 Å². The van der Waals surface area contributed by atoms with Crippen LogP contribution in [0, 0.1) is 0 Å². The minimum absolute atomic E-state index is 0.0570. The summed E-state index contributed by atoms with van der Waals surface area (Å²) in [6.07, 6.45) is -12.3. The molecule has 2 rings (SSSR count). The third-order valence-electron chi connectivity index (χ3n) is 6.76. The zero-order chi connectivity index (χ0) is 26.1. The average molecular weight is 513 g/mol. The summed E-state index contributed by atoms with van der Waals surface area (Å²) in [6, 6.07) is -0.262. The number of rotatable bonds is 14. The van der Waals surface area contributed by atoms with Crippen molar-refractivity contribution in [1.82, 2.24) is 10.6 Å². The van der Waals surface area contributed by atoms with E-state index in [0.717, 1.165) is 0 Å². The quantitative estimate of drug-likeness (QED) is 0.108. The molecule has 0 unspecified atom stereocenters. The minimum atomic E-state index is -1.66. The van der Waals surface area contributed by atoms with E-state index in [0.29, 0.717) is 25.9 Å². The predicted octanol–water partition coefficient (Wildman–Crippen LogP) is -3.88. The second-order valence-corrected chi connectivity index (χ2v) is 9.23. The van der Waals surface area contributed by atoms with Crippen LogP contribution in [-0.4, -0.2) is 141 Å². The molecule has 13 heteroatoms. The Kier molecular flexibility index (Phi) is 13.2. The van der Waals surface area contributed by atoms with Gasteiger partial charge in [-0.25, -0.2) is 0 Å². The molecule has 2 aliphatic heterocycles. The van der Waals surface area contributed by atoms with Crippen LogP contribution in [0.2, 0.25) is 0 Å². The molecular formula is C22H44N2O11. The maximum atomic E-state index is 10.4. The summed E-state index contributed by atoms with van der Waals surface area (Å²) in [7, 11) is 0. The molecule has 0 bridgehead atoms. The van der Waals surface area contributed by atoms with Crippen LogP contribution in [-0.2, 0) is 14.2 Å². The summed E-state index contributed by atoms with van der Waals surface area (Å²) in [5.41, 5.74) is 0. The monoisotopic (exact) mass is 512 g/mol. The highest BCUT2D eigenvalue weighted by Gasteiger charge is 2.49. The van der Waals surface area contributed by atoms with Crippen LogP contribution >= 0.6 is 0 Å². The van der Waals surface area contributed by atoms with Gasteiger partial charge in [0.2, 0.25) is 0 Å². The van der Waals surface area contributed by atoms with E-state index < -0.39 is 61.4 Å². The first-order chi connectivity index (χ1) is 16.7. The molecule has 0 spiro atoms. The van der Waals surface area contributed by atoms with Gasteiger partial charge in [-0.3, -0.25) is 0 Å². The summed E-state index contributed by atoms with van der Waals surface area (Å²) in [6.45, 7) is 4.40. The topological polar surface area (TPSA) is 214 Å². The Morgan fingerprint density at radius 3 is 1.31 bits per heavy atom. The van der Waals surface area contributed by atoms with E-state index in [1.807, 2.05) is 13.8 Å². The predicted molar refractivity (Wildman–Crippen MR) is 122 cm³/mol. The molecule has 0 aliphatic carbocycles. The van der Waals surface area contributed by atoms with Crippen LogP contribution in [0.15, 0.2) is 0 Å². The first-order valence-corrected chi connectivity index (χ1v) is 12.4. The molecule has 12 atom stereocenters. The van der Waals surface area contributed by atoms with Gasteiger partial charge in [0, 0.05) is 12.1 Å². The summed E-state index contributed by atoms with van der Waals surface area (Å²) >= 11 is 0. The van der Waals surface area contributed by atoms with Crippen LogP contribution in [0.25, 0.3) is 0 Å². The van der Waals surface area contributed by atoms with Crippen LogP contribution in [0.5, 0.6) is 0 Å². The van der Waals surface area contributed by atoms with E-state index in [4.69, 9.17) is 14.2 Å². The Morgan fingerprint density at radius 2 is 1.00 bits per heavy atom. The molecule has 13 nitrogen and oxygen atoms in total. The third kappa shape index (κ3) is 8.23. The summed E-state index contributed by atoms with van der Waals surface area (Å²) in [5, 5.41) is 86.8. The molecule has 2 aliphatic rings. The lowest BCUT2D eigenvalue weighted by atomic mass is 9.95. The molecule has 35 heavy (non-hydrogen) atoms. The van der Waals surface area contributed by atoms with Gasteiger partial charge in [-0.2, -0.15) is 0 Å². The van der Waals surface area contributed by atoms with Crippen molar-refractivity contribution in [1.29, 1.82) is 0 Å². The molecule has 0 aromatic heterocycles. The van der Waals surface area contributed by atoms with Crippen LogP contribution in [0.1, 0.15) is 39.5 Å². The summed E-state index contributed by atoms with van der Waals surface area (Å²) in [4.78, 5) is 0. The molecule has 10 N–H and O–H groups in total. The van der Waals surface area contributed by atoms with Crippen molar-refractivity contribution >= 4 is 0 Å². The van der Waals surface area contributed by atoms with Crippen molar-refractivity contribution in [2.45, 2.75) is 113 Å². The molecule has 2 heterocycles. The maximum absolute atomic E-state index is 10.4. The van der Waals surface area contributed by atoms with Gasteiger partial charge in [-0.1, -0.05) is 13.8 Å². The van der Waals surface area contributed by atoms with Gasteiger partial charge >= 0.3 is 0 Å². The molecule has 0 aromatic carbocycles. The fraction of sp³-hybridized carbons (Fsp3) is 1.00. The van der Waals surface area contributed by atoms with Gasteiger partial charge in [-0.05, 0) is 38.8 Å². The number of ether oxygens (including phenoxy) is 3. The van der Waals surface area contributed by atoms with E-state index in [1.165, 1.54) is 0 Å². The van der Waals surface area contributed by atoms with E-state index in [9.17, 15) is 40.9 Å². The van der Waals surface area contributed by atoms with Crippen molar-refractivity contribution in [2.75, 3.05) is 26.3 Å². The molecule has 0 amide bonds. The van der Waals surface area contributed by atoms with E-state index in [-0.39, 0.29) is 38.1 Å². The number of hydrogen-bond acceptors (Lipinski definition) is 13. The lowest BCUT2D eigenvalue weighted by Gasteiger charge is -2.45. The van der Waals surface area contributed by atoms with Crippen molar-refractivity contribution in [2.24, 2.45) is 0 Å². The Labute approximate surface area is 205 Å². The van der Waals surface area contributed by atoms with Gasteiger partial charge in [0.05, 0.1) is 25.4 Å². The fourth-order valence-electron chi connectivity index (χ4n) is 4.20. The molecule has 208 valence electrons. The number of aliphatic hydroxyl groups excluding tert-OH is 8. The van der Waals surface area contributed by atoms with Crippen LogP contribution in [0.3, 0.4) is 0 Å². The van der Waals surface area contributed by atoms with Crippen molar-refractivity contribution in [3.05, 3.63) is 0 Å². The molecule has 2 saturated heterocycles. The molecule has 0 radical (unpaired) electrons. The van der Waals surface area contributed by atoms with Gasteiger partial charge in [0.25, 0.3) is 0 Å². The number of nitrogens with one attached hydrogen (secondary N) is 2. The first kappa shape index (κ1) is 30.7. The number of hydrogen-bond donors (Lipinski definition) is 10. The Morgan fingerprint density at radius 1 is 0.629 bits per heavy atom. The molecular weight excluding hydrogens is 468 g/mol. The van der Waals surface area contributed by atoms with E-state index in [2.05, 4.69) is 10.6 Å². The molecule has 2 fully saturated rings. The normalized spacial score (nSPS) is 39.9. The summed E-state index contributed by atoms with van der Waals surface area (Å²) in [5.74, 6) is 0. The van der Waals surface area contributed by atoms with Gasteiger partial charge in [0.15, 0.2) is 12.6 Å². The Bertz CT molecular complexity index is 536. The van der Waals surface area contributed by atoms with Gasteiger partial charge in [-0.15, -0.1) is 0 Å². The van der Waals surface area contributed by atoms with Crippen LogP contribution in [0.4, 0.5) is 0 Å². The highest BCUT2D eigenvalue weighted by molar-refractivity contribution is 4.93. The van der Waals surface area contributed by atoms with Crippen molar-refractivity contribution in [3.63, 3.8) is 0 Å². The zero-order valence-corrected chi connectivity index (χ0v) is 20.4. The van der Waals surface area contributed by atoms with Crippen molar-refractivity contribution < 1.29 is 55.1 Å². The Balaban J connectivity index is 1.99. The SMILES string of the molecule is CC[C@@H](CO)NCC[C@H]1O[C@H](O[C@H]2O[C@H](CCN[C@@H](CC)CO)[C@@H](O)[C@H](O)[C@H]2O)[C@H](O)[C@@H](O)[C@@H]1O. The van der Waals surface area contributed by atoms with Gasteiger partial charge in [0.1, 0.15) is 36.6 Å². The fourth-order valence-corrected chi connectivity index (χ4v) is 4.20. The van der Waals surface area contributed by atoms with Crippen molar-refractivity contribution in [3.8, 4) is 0 Å². The molecule has 0 saturated carbocycles. The minimum Gasteiger partial charge on any atom is -0.395 e. The van der Waals surface area contributed by atoms with Gasteiger partial charge < -0.3 is 65.7 Å². The standard InChI is InChI=1S/C22H44N2O11/c1-3-11(9-25)23-7-5-13-15(27)17(29)19(31)21(33-13)35-22-20(32)18(30)16(28)14(34-22)6-8-24-12(4-2)10-26/h11-32H,3-10H2,1-2H3/t11-,12-,13+,14+,15+,16+,17-,18-,19+,20+,21+,22+/m0/s1. The lowest BCUT2D eigenvalue weighted by Crippen LogP contribution is -2.63. The maximum Gasteiger partial charge on any atom is 0.189 e. The first-order valence-electron chi connectivity index (χ1n) is 12.4. The smallest absolute Gasteiger partial charge is 0.189 e. The largest absolute Gasteiger partial charge is 0.395 e.